The van der Waals surface area contributed by atoms with Crippen LogP contribution in [0.1, 0.15) is 31.0 Å². The van der Waals surface area contributed by atoms with E-state index in [1.54, 1.807) is 0 Å². The van der Waals surface area contributed by atoms with Gasteiger partial charge in [-0.25, -0.2) is 9.97 Å². The normalized spacial score (nSPS) is 17.1. The Morgan fingerprint density at radius 1 is 1.19 bits per heavy atom. The van der Waals surface area contributed by atoms with Crippen molar-refractivity contribution in [1.29, 1.82) is 0 Å². The van der Waals surface area contributed by atoms with Crippen LogP contribution in [-0.2, 0) is 11.3 Å². The van der Waals surface area contributed by atoms with Crippen molar-refractivity contribution in [3.8, 4) is 17.2 Å². The van der Waals surface area contributed by atoms with E-state index in [0.29, 0.717) is 24.8 Å². The number of hydrogen-bond donors (Lipinski definition) is 1. The van der Waals surface area contributed by atoms with Crippen molar-refractivity contribution in [2.24, 2.45) is 0 Å². The summed E-state index contributed by atoms with van der Waals surface area (Å²) in [5.41, 5.74) is 2.69. The maximum absolute atomic E-state index is 13.0. The summed E-state index contributed by atoms with van der Waals surface area (Å²) in [4.78, 5) is 24.5. The van der Waals surface area contributed by atoms with Gasteiger partial charge in [-0.3, -0.25) is 4.79 Å². The molecule has 0 bridgehead atoms. The molecule has 3 aromatic rings. The van der Waals surface area contributed by atoms with Crippen LogP contribution in [0.25, 0.3) is 10.9 Å². The van der Waals surface area contributed by atoms with E-state index in [4.69, 9.17) is 24.2 Å². The van der Waals surface area contributed by atoms with Crippen LogP contribution in [0.15, 0.2) is 36.4 Å². The van der Waals surface area contributed by atoms with E-state index in [2.05, 4.69) is 5.32 Å². The van der Waals surface area contributed by atoms with Crippen molar-refractivity contribution in [3.05, 3.63) is 47.7 Å². The maximum atomic E-state index is 13.0. The van der Waals surface area contributed by atoms with Crippen LogP contribution in [0.2, 0.25) is 0 Å². The number of nitrogens with zero attached hydrogens (tertiary/aromatic N) is 3. The number of benzene rings is 2. The summed E-state index contributed by atoms with van der Waals surface area (Å²) in [5.74, 6) is 2.83. The van der Waals surface area contributed by atoms with Gasteiger partial charge in [0.1, 0.15) is 11.8 Å². The van der Waals surface area contributed by atoms with Gasteiger partial charge in [-0.1, -0.05) is 6.07 Å². The molecule has 0 spiro atoms. The van der Waals surface area contributed by atoms with Crippen LogP contribution in [-0.4, -0.2) is 41.9 Å². The number of carbonyl (C=O) groups excluding carboxylic acids is 1. The summed E-state index contributed by atoms with van der Waals surface area (Å²) in [6, 6.07) is 11.3. The summed E-state index contributed by atoms with van der Waals surface area (Å²) >= 11 is 0. The maximum Gasteiger partial charge on any atom is 0.243 e. The molecule has 5 rings (SSSR count). The number of fused-ring (bicyclic) bond motifs is 2. The number of aromatic nitrogens is 2. The molecule has 0 unspecified atom stereocenters. The molecule has 2 aliphatic rings. The minimum atomic E-state index is -0.288. The standard InChI is InChI=1S/C24H26N4O4/c1-3-30-17-7-8-19-18(12-17)15(2)26-24(27-19)28-10-4-5-20(28)23(29)25-13-16-6-9-21-22(11-16)32-14-31-21/h6-9,11-12,20H,3-5,10,13-14H2,1-2H3,(H,25,29)/t20-/m1/s1. The minimum absolute atomic E-state index is 0.0202. The van der Waals surface area contributed by atoms with E-state index in [9.17, 15) is 4.79 Å². The lowest BCUT2D eigenvalue weighted by Crippen LogP contribution is -2.43. The summed E-state index contributed by atoms with van der Waals surface area (Å²) < 4.78 is 16.4. The van der Waals surface area contributed by atoms with Gasteiger partial charge in [0.05, 0.1) is 17.8 Å². The molecule has 0 saturated carbocycles. The van der Waals surface area contributed by atoms with Crippen LogP contribution in [0.3, 0.4) is 0 Å². The lowest BCUT2D eigenvalue weighted by Gasteiger charge is -2.24. The fourth-order valence-corrected chi connectivity index (χ4v) is 4.27. The fourth-order valence-electron chi connectivity index (χ4n) is 4.27. The van der Waals surface area contributed by atoms with Gasteiger partial charge in [-0.2, -0.15) is 0 Å². The fraction of sp³-hybridized carbons (Fsp3) is 0.375. The Hall–Kier alpha value is -3.55. The highest BCUT2D eigenvalue weighted by Gasteiger charge is 2.32. The highest BCUT2D eigenvalue weighted by Crippen LogP contribution is 2.32. The van der Waals surface area contributed by atoms with Crippen LogP contribution < -0.4 is 24.4 Å². The molecule has 2 aromatic carbocycles. The first kappa shape index (κ1) is 20.4. The number of nitrogens with one attached hydrogen (secondary N) is 1. The third-order valence-electron chi connectivity index (χ3n) is 5.87. The zero-order chi connectivity index (χ0) is 22.1. The van der Waals surface area contributed by atoms with Crippen molar-refractivity contribution >= 4 is 22.8 Å². The van der Waals surface area contributed by atoms with Gasteiger partial charge >= 0.3 is 0 Å². The van der Waals surface area contributed by atoms with E-state index in [0.717, 1.165) is 53.0 Å². The Balaban J connectivity index is 1.32. The van der Waals surface area contributed by atoms with Crippen molar-refractivity contribution in [1.82, 2.24) is 15.3 Å². The number of aryl methyl sites for hydroxylation is 1. The van der Waals surface area contributed by atoms with Crippen molar-refractivity contribution in [2.45, 2.75) is 39.3 Å². The average Bonchev–Trinajstić information content (AvgIpc) is 3.47. The van der Waals surface area contributed by atoms with Crippen LogP contribution in [0.5, 0.6) is 17.2 Å². The third kappa shape index (κ3) is 3.88. The molecular formula is C24H26N4O4. The molecule has 166 valence electrons. The topological polar surface area (TPSA) is 85.8 Å². The Bertz CT molecular complexity index is 1170. The largest absolute Gasteiger partial charge is 0.494 e. The number of rotatable bonds is 6. The van der Waals surface area contributed by atoms with Crippen molar-refractivity contribution < 1.29 is 19.0 Å². The van der Waals surface area contributed by atoms with E-state index >= 15 is 0 Å². The molecular weight excluding hydrogens is 408 g/mol. The summed E-state index contributed by atoms with van der Waals surface area (Å²) in [7, 11) is 0. The number of ether oxygens (including phenoxy) is 3. The van der Waals surface area contributed by atoms with E-state index in [1.807, 2.05) is 55.1 Å². The molecule has 0 aliphatic carbocycles. The SMILES string of the molecule is CCOc1ccc2nc(N3CCC[C@@H]3C(=O)NCc3ccc4c(c3)OCO4)nc(C)c2c1. The van der Waals surface area contributed by atoms with Gasteiger partial charge in [-0.05, 0) is 62.6 Å². The molecule has 2 aliphatic heterocycles. The van der Waals surface area contributed by atoms with Gasteiger partial charge in [0.15, 0.2) is 11.5 Å². The lowest BCUT2D eigenvalue weighted by molar-refractivity contribution is -0.122. The minimum Gasteiger partial charge on any atom is -0.494 e. The molecule has 8 nitrogen and oxygen atoms in total. The van der Waals surface area contributed by atoms with E-state index < -0.39 is 0 Å². The van der Waals surface area contributed by atoms with Crippen LogP contribution in [0.4, 0.5) is 5.95 Å². The van der Waals surface area contributed by atoms with Crippen LogP contribution >= 0.6 is 0 Å². The molecule has 3 heterocycles. The first-order chi connectivity index (χ1) is 15.6. The molecule has 1 saturated heterocycles. The lowest BCUT2D eigenvalue weighted by atomic mass is 10.1. The summed E-state index contributed by atoms with van der Waals surface area (Å²) in [5, 5.41) is 4.02. The number of anilines is 1. The monoisotopic (exact) mass is 434 g/mol. The predicted octanol–water partition coefficient (Wildman–Crippen LogP) is 3.35. The Kier molecular flexibility index (Phi) is 5.43. The molecule has 32 heavy (non-hydrogen) atoms. The molecule has 1 aromatic heterocycles. The van der Waals surface area contributed by atoms with Crippen molar-refractivity contribution in [3.63, 3.8) is 0 Å². The molecule has 1 amide bonds. The Morgan fingerprint density at radius 3 is 2.94 bits per heavy atom. The Morgan fingerprint density at radius 2 is 2.06 bits per heavy atom. The first-order valence-corrected chi connectivity index (χ1v) is 11.0. The number of carbonyl (C=O) groups is 1. The Labute approximate surface area is 186 Å². The van der Waals surface area contributed by atoms with Gasteiger partial charge in [-0.15, -0.1) is 0 Å². The second kappa shape index (κ2) is 8.53. The molecule has 8 heteroatoms. The second-order valence-corrected chi connectivity index (χ2v) is 7.98. The zero-order valence-electron chi connectivity index (χ0n) is 18.3. The van der Waals surface area contributed by atoms with Crippen LogP contribution in [0, 0.1) is 6.92 Å². The van der Waals surface area contributed by atoms with E-state index in [1.165, 1.54) is 0 Å². The smallest absolute Gasteiger partial charge is 0.243 e. The summed E-state index contributed by atoms with van der Waals surface area (Å²) in [6.07, 6.45) is 1.70. The molecule has 1 atom stereocenters. The first-order valence-electron chi connectivity index (χ1n) is 11.0. The highest BCUT2D eigenvalue weighted by atomic mass is 16.7. The average molecular weight is 434 g/mol. The zero-order valence-corrected chi connectivity index (χ0v) is 18.3. The third-order valence-corrected chi connectivity index (χ3v) is 5.87. The highest BCUT2D eigenvalue weighted by molar-refractivity contribution is 5.87. The van der Waals surface area contributed by atoms with E-state index in [-0.39, 0.29) is 18.7 Å². The predicted molar refractivity (Wildman–Crippen MR) is 120 cm³/mol. The molecule has 0 radical (unpaired) electrons. The quantitative estimate of drug-likeness (QED) is 0.637. The van der Waals surface area contributed by atoms with Crippen molar-refractivity contribution in [2.75, 3.05) is 24.8 Å². The number of amides is 1. The van der Waals surface area contributed by atoms with Gasteiger partial charge in [0.25, 0.3) is 0 Å². The second-order valence-electron chi connectivity index (χ2n) is 7.98. The molecule has 1 fully saturated rings. The van der Waals surface area contributed by atoms with Gasteiger partial charge in [0.2, 0.25) is 18.6 Å². The van der Waals surface area contributed by atoms with Gasteiger partial charge in [0, 0.05) is 18.5 Å². The summed E-state index contributed by atoms with van der Waals surface area (Å²) in [6.45, 7) is 5.96. The number of hydrogen-bond acceptors (Lipinski definition) is 7. The van der Waals surface area contributed by atoms with Gasteiger partial charge < -0.3 is 24.4 Å². The molecule has 1 N–H and O–H groups in total.